The second-order valence-electron chi connectivity index (χ2n) is 4.68. The molecule has 0 amide bonds. The molecule has 0 spiro atoms. The maximum Gasteiger partial charge on any atom is 0.0471 e. The minimum atomic E-state index is 0.229. The number of nitrogens with zero attached hydrogens (tertiary/aromatic N) is 1. The molecule has 1 aromatic carbocycles. The second kappa shape index (κ2) is 6.15. The molecule has 1 heterocycles. The fourth-order valence-electron chi connectivity index (χ4n) is 2.37. The van der Waals surface area contributed by atoms with Gasteiger partial charge in [0.15, 0.2) is 0 Å². The molecule has 3 heteroatoms. The van der Waals surface area contributed by atoms with Gasteiger partial charge in [-0.05, 0) is 24.5 Å². The highest BCUT2D eigenvalue weighted by Gasteiger charge is 2.17. The normalized spacial score (nSPS) is 19.2. The van der Waals surface area contributed by atoms with E-state index in [1.165, 1.54) is 11.1 Å². The van der Waals surface area contributed by atoms with Gasteiger partial charge in [0.05, 0.1) is 0 Å². The Balaban J connectivity index is 2.00. The largest absolute Gasteiger partial charge is 0.396 e. The Morgan fingerprint density at radius 2 is 1.88 bits per heavy atom. The van der Waals surface area contributed by atoms with Gasteiger partial charge in [0.25, 0.3) is 0 Å². The Labute approximate surface area is 103 Å². The Bertz CT molecular complexity index is 331. The smallest absolute Gasteiger partial charge is 0.0471 e. The molecule has 1 atom stereocenters. The highest BCUT2D eigenvalue weighted by Crippen LogP contribution is 2.20. The highest BCUT2D eigenvalue weighted by atomic mass is 16.2. The van der Waals surface area contributed by atoms with E-state index in [-0.39, 0.29) is 6.61 Å². The van der Waals surface area contributed by atoms with Gasteiger partial charge in [0.1, 0.15) is 0 Å². The SMILES string of the molecule is CC(c1ccc(CCO)cc1)N1CCNCC1. The van der Waals surface area contributed by atoms with Gasteiger partial charge in [0.2, 0.25) is 0 Å². The van der Waals surface area contributed by atoms with Gasteiger partial charge in [0, 0.05) is 38.8 Å². The summed E-state index contributed by atoms with van der Waals surface area (Å²) < 4.78 is 0. The van der Waals surface area contributed by atoms with Crippen LogP contribution in [0.15, 0.2) is 24.3 Å². The average Bonchev–Trinajstić information content (AvgIpc) is 2.40. The third kappa shape index (κ3) is 3.28. The number of aliphatic hydroxyl groups excluding tert-OH is 1. The summed E-state index contributed by atoms with van der Waals surface area (Å²) in [5, 5.41) is 12.3. The van der Waals surface area contributed by atoms with Crippen molar-refractivity contribution < 1.29 is 5.11 Å². The summed E-state index contributed by atoms with van der Waals surface area (Å²) in [4.78, 5) is 2.51. The molecule has 1 aromatic rings. The van der Waals surface area contributed by atoms with Gasteiger partial charge < -0.3 is 10.4 Å². The third-order valence-electron chi connectivity index (χ3n) is 3.56. The molecule has 1 aliphatic heterocycles. The molecular weight excluding hydrogens is 212 g/mol. The van der Waals surface area contributed by atoms with Crippen molar-refractivity contribution in [3.63, 3.8) is 0 Å². The molecule has 0 aromatic heterocycles. The summed E-state index contributed by atoms with van der Waals surface area (Å²) in [5.74, 6) is 0. The van der Waals surface area contributed by atoms with Crippen molar-refractivity contribution in [2.24, 2.45) is 0 Å². The molecule has 1 saturated heterocycles. The number of nitrogens with one attached hydrogen (secondary N) is 1. The summed E-state index contributed by atoms with van der Waals surface area (Å²) in [5.41, 5.74) is 2.58. The molecule has 3 nitrogen and oxygen atoms in total. The maximum atomic E-state index is 8.89. The first kappa shape index (κ1) is 12.6. The predicted molar refractivity (Wildman–Crippen MR) is 70.1 cm³/mol. The molecule has 0 bridgehead atoms. The molecule has 0 aliphatic carbocycles. The minimum absolute atomic E-state index is 0.229. The predicted octanol–water partition coefficient (Wildman–Crippen LogP) is 1.19. The number of aliphatic hydroxyl groups is 1. The quantitative estimate of drug-likeness (QED) is 0.821. The minimum Gasteiger partial charge on any atom is -0.396 e. The van der Waals surface area contributed by atoms with Crippen LogP contribution < -0.4 is 5.32 Å². The first-order chi connectivity index (χ1) is 8.31. The Morgan fingerprint density at radius 1 is 1.24 bits per heavy atom. The van der Waals surface area contributed by atoms with Gasteiger partial charge in [-0.15, -0.1) is 0 Å². The lowest BCUT2D eigenvalue weighted by Crippen LogP contribution is -2.44. The van der Waals surface area contributed by atoms with Gasteiger partial charge in [-0.25, -0.2) is 0 Å². The first-order valence-corrected chi connectivity index (χ1v) is 6.45. The standard InChI is InChI=1S/C14H22N2O/c1-12(16-9-7-15-8-10-16)14-4-2-13(3-5-14)6-11-17/h2-5,12,15,17H,6-11H2,1H3. The highest BCUT2D eigenvalue weighted by molar-refractivity contribution is 5.25. The molecule has 1 fully saturated rings. The summed E-state index contributed by atoms with van der Waals surface area (Å²) in [6, 6.07) is 9.13. The maximum absolute atomic E-state index is 8.89. The fraction of sp³-hybridized carbons (Fsp3) is 0.571. The number of hydrogen-bond acceptors (Lipinski definition) is 3. The van der Waals surface area contributed by atoms with E-state index in [1.807, 2.05) is 0 Å². The molecule has 1 aliphatic rings. The van der Waals surface area contributed by atoms with Crippen molar-refractivity contribution in [2.75, 3.05) is 32.8 Å². The molecule has 0 radical (unpaired) electrons. The van der Waals surface area contributed by atoms with Crippen molar-refractivity contribution in [3.8, 4) is 0 Å². The summed E-state index contributed by atoms with van der Waals surface area (Å²) in [6.45, 7) is 6.93. The van der Waals surface area contributed by atoms with Crippen LogP contribution in [0, 0.1) is 0 Å². The third-order valence-corrected chi connectivity index (χ3v) is 3.56. The topological polar surface area (TPSA) is 35.5 Å². The Kier molecular flexibility index (Phi) is 4.54. The van der Waals surface area contributed by atoms with E-state index < -0.39 is 0 Å². The summed E-state index contributed by atoms with van der Waals surface area (Å²) >= 11 is 0. The van der Waals surface area contributed by atoms with Crippen LogP contribution in [0.4, 0.5) is 0 Å². The van der Waals surface area contributed by atoms with Crippen LogP contribution in [0.2, 0.25) is 0 Å². The van der Waals surface area contributed by atoms with Crippen LogP contribution in [0.1, 0.15) is 24.1 Å². The van der Waals surface area contributed by atoms with Crippen LogP contribution in [0.5, 0.6) is 0 Å². The lowest BCUT2D eigenvalue weighted by molar-refractivity contribution is 0.185. The summed E-state index contributed by atoms with van der Waals surface area (Å²) in [6.07, 6.45) is 0.752. The molecular formula is C14H22N2O. The van der Waals surface area contributed by atoms with Crippen LogP contribution in [-0.2, 0) is 6.42 Å². The zero-order valence-corrected chi connectivity index (χ0v) is 10.5. The van der Waals surface area contributed by atoms with Crippen molar-refractivity contribution in [1.82, 2.24) is 10.2 Å². The number of piperazine rings is 1. The van der Waals surface area contributed by atoms with Crippen molar-refractivity contribution in [2.45, 2.75) is 19.4 Å². The zero-order chi connectivity index (χ0) is 12.1. The van der Waals surface area contributed by atoms with Crippen LogP contribution >= 0.6 is 0 Å². The molecule has 17 heavy (non-hydrogen) atoms. The van der Waals surface area contributed by atoms with Crippen molar-refractivity contribution in [1.29, 1.82) is 0 Å². The lowest BCUT2D eigenvalue weighted by atomic mass is 10.0. The Morgan fingerprint density at radius 3 is 2.47 bits per heavy atom. The second-order valence-corrected chi connectivity index (χ2v) is 4.68. The number of hydrogen-bond donors (Lipinski definition) is 2. The van der Waals surface area contributed by atoms with Crippen molar-refractivity contribution in [3.05, 3.63) is 35.4 Å². The van der Waals surface area contributed by atoms with E-state index in [0.717, 1.165) is 32.6 Å². The molecule has 94 valence electrons. The van der Waals surface area contributed by atoms with Crippen LogP contribution in [0.3, 0.4) is 0 Å². The van der Waals surface area contributed by atoms with Gasteiger partial charge >= 0.3 is 0 Å². The zero-order valence-electron chi connectivity index (χ0n) is 10.5. The van der Waals surface area contributed by atoms with E-state index in [1.54, 1.807) is 0 Å². The van der Waals surface area contributed by atoms with E-state index in [2.05, 4.69) is 41.4 Å². The fourth-order valence-corrected chi connectivity index (χ4v) is 2.37. The van der Waals surface area contributed by atoms with Crippen LogP contribution in [0.25, 0.3) is 0 Å². The molecule has 2 rings (SSSR count). The number of rotatable bonds is 4. The molecule has 2 N–H and O–H groups in total. The van der Waals surface area contributed by atoms with E-state index in [4.69, 9.17) is 5.11 Å². The first-order valence-electron chi connectivity index (χ1n) is 6.45. The van der Waals surface area contributed by atoms with Gasteiger partial charge in [-0.2, -0.15) is 0 Å². The van der Waals surface area contributed by atoms with E-state index in [0.29, 0.717) is 6.04 Å². The molecule has 1 unspecified atom stereocenters. The number of benzene rings is 1. The average molecular weight is 234 g/mol. The van der Waals surface area contributed by atoms with Crippen molar-refractivity contribution >= 4 is 0 Å². The summed E-state index contributed by atoms with van der Waals surface area (Å²) in [7, 11) is 0. The lowest BCUT2D eigenvalue weighted by Gasteiger charge is -2.33. The van der Waals surface area contributed by atoms with Gasteiger partial charge in [-0.3, -0.25) is 4.90 Å². The van der Waals surface area contributed by atoms with Gasteiger partial charge in [-0.1, -0.05) is 24.3 Å². The van der Waals surface area contributed by atoms with Crippen LogP contribution in [-0.4, -0.2) is 42.8 Å². The Hall–Kier alpha value is -0.900. The van der Waals surface area contributed by atoms with E-state index in [9.17, 15) is 0 Å². The monoisotopic (exact) mass is 234 g/mol. The van der Waals surface area contributed by atoms with E-state index >= 15 is 0 Å². The molecule has 0 saturated carbocycles.